The van der Waals surface area contributed by atoms with E-state index in [1.54, 1.807) is 35.9 Å². The highest BCUT2D eigenvalue weighted by atomic mass is 32.2. The number of nitrogens with two attached hydrogens (primary N) is 1. The van der Waals surface area contributed by atoms with Crippen molar-refractivity contribution in [2.24, 2.45) is 10.1 Å². The van der Waals surface area contributed by atoms with Gasteiger partial charge >= 0.3 is 0 Å². The first kappa shape index (κ1) is 21.6. The minimum absolute atomic E-state index is 0.0138. The molecule has 8 nitrogen and oxygen atoms in total. The molecule has 0 saturated heterocycles. The average Bonchev–Trinajstić information content (AvgIpc) is 3.04. The predicted molar refractivity (Wildman–Crippen MR) is 114 cm³/mol. The quantitative estimate of drug-likeness (QED) is 0.580. The third-order valence-electron chi connectivity index (χ3n) is 4.29. The van der Waals surface area contributed by atoms with Crippen LogP contribution < -0.4 is 19.4 Å². The number of carbonyl (C=O) groups excluding carboxylic acids is 1. The Morgan fingerprint density at radius 1 is 1.23 bits per heavy atom. The van der Waals surface area contributed by atoms with Crippen LogP contribution in [0.2, 0.25) is 0 Å². The molecule has 2 aromatic carbocycles. The van der Waals surface area contributed by atoms with Gasteiger partial charge in [0.1, 0.15) is 11.5 Å². The van der Waals surface area contributed by atoms with Gasteiger partial charge in [-0.05, 0) is 24.3 Å². The Balaban J connectivity index is 2.03. The Kier molecular flexibility index (Phi) is 6.26. The summed E-state index contributed by atoms with van der Waals surface area (Å²) in [6, 6.07) is 9.60. The van der Waals surface area contributed by atoms with Crippen LogP contribution in [0.1, 0.15) is 5.56 Å². The molecule has 156 valence electrons. The Morgan fingerprint density at radius 3 is 2.63 bits per heavy atom. The lowest BCUT2D eigenvalue weighted by atomic mass is 10.1. The lowest BCUT2D eigenvalue weighted by Crippen LogP contribution is -2.17. The fourth-order valence-electron chi connectivity index (χ4n) is 2.87. The summed E-state index contributed by atoms with van der Waals surface area (Å²) in [6.07, 6.45) is 5.48. The molecule has 3 aromatic rings. The lowest BCUT2D eigenvalue weighted by Gasteiger charge is -2.08. The van der Waals surface area contributed by atoms with Gasteiger partial charge in [0, 0.05) is 11.6 Å². The number of thiazole rings is 1. The van der Waals surface area contributed by atoms with E-state index in [-0.39, 0.29) is 17.9 Å². The van der Waals surface area contributed by atoms with E-state index < -0.39 is 15.9 Å². The molecule has 10 heteroatoms. The Hall–Kier alpha value is -3.13. The number of fused-ring (bicyclic) bond motifs is 1. The molecular weight excluding hydrogens is 426 g/mol. The number of nitrogens with zero attached hydrogens (tertiary/aromatic N) is 2. The molecular formula is C20H19N3O5S2. The predicted octanol–water partition coefficient (Wildman–Crippen LogP) is 1.67. The summed E-state index contributed by atoms with van der Waals surface area (Å²) in [5.41, 5.74) is 1.33. The highest BCUT2D eigenvalue weighted by molar-refractivity contribution is 7.89. The van der Waals surface area contributed by atoms with E-state index in [2.05, 4.69) is 10.9 Å². The van der Waals surface area contributed by atoms with Crippen LogP contribution in [0, 0.1) is 12.3 Å². The smallest absolute Gasteiger partial charge is 0.252 e. The zero-order valence-corrected chi connectivity index (χ0v) is 17.9. The van der Waals surface area contributed by atoms with Gasteiger partial charge < -0.3 is 14.0 Å². The van der Waals surface area contributed by atoms with E-state index in [1.165, 1.54) is 19.2 Å². The molecule has 0 aliphatic rings. The molecule has 0 aliphatic heterocycles. The third-order valence-corrected chi connectivity index (χ3v) is 6.24. The fraction of sp³-hybridized carbons (Fsp3) is 0.200. The number of aromatic nitrogens is 1. The molecule has 0 saturated carbocycles. The van der Waals surface area contributed by atoms with E-state index in [4.69, 9.17) is 21.0 Å². The van der Waals surface area contributed by atoms with Crippen LogP contribution in [-0.2, 0) is 27.8 Å². The van der Waals surface area contributed by atoms with Gasteiger partial charge in [-0.1, -0.05) is 23.3 Å². The summed E-state index contributed by atoms with van der Waals surface area (Å²) in [6.45, 7) is 0.173. The van der Waals surface area contributed by atoms with Crippen molar-refractivity contribution in [3.05, 3.63) is 46.8 Å². The van der Waals surface area contributed by atoms with Crippen LogP contribution in [0.25, 0.3) is 10.2 Å². The van der Waals surface area contributed by atoms with Crippen molar-refractivity contribution in [2.75, 3.05) is 14.2 Å². The first-order valence-corrected chi connectivity index (χ1v) is 11.0. The maximum atomic E-state index is 12.6. The van der Waals surface area contributed by atoms with Crippen molar-refractivity contribution in [3.63, 3.8) is 0 Å². The van der Waals surface area contributed by atoms with Crippen molar-refractivity contribution >= 4 is 37.5 Å². The van der Waals surface area contributed by atoms with E-state index in [1.807, 2.05) is 0 Å². The molecule has 2 N–H and O–H groups in total. The van der Waals surface area contributed by atoms with Gasteiger partial charge in [0.25, 0.3) is 5.91 Å². The third kappa shape index (κ3) is 4.54. The second-order valence-electron chi connectivity index (χ2n) is 6.21. The Bertz CT molecular complexity index is 1330. The van der Waals surface area contributed by atoms with Crippen LogP contribution >= 0.6 is 11.3 Å². The zero-order chi connectivity index (χ0) is 21.9. The number of terminal acetylenes is 1. The molecule has 0 spiro atoms. The van der Waals surface area contributed by atoms with Gasteiger partial charge in [-0.3, -0.25) is 4.79 Å². The minimum atomic E-state index is -3.85. The standard InChI is InChI=1S/C20H19N3O5S2/c1-4-9-23-16-8-7-15(30(21,25)26)12-18(16)29-20(23)22-19(24)10-13-5-6-14(27-2)11-17(13)28-3/h1,5-8,11-12H,9-10H2,2-3H3,(H2,21,25,26). The molecule has 0 radical (unpaired) electrons. The average molecular weight is 446 g/mol. The number of ether oxygens (including phenoxy) is 2. The maximum Gasteiger partial charge on any atom is 0.252 e. The Labute approximate surface area is 177 Å². The monoisotopic (exact) mass is 445 g/mol. The molecule has 1 amide bonds. The van der Waals surface area contributed by atoms with Gasteiger partial charge in [0.2, 0.25) is 10.0 Å². The molecule has 0 fully saturated rings. The number of primary sulfonamides is 1. The largest absolute Gasteiger partial charge is 0.497 e. The number of sulfonamides is 1. The normalized spacial score (nSPS) is 12.0. The van der Waals surface area contributed by atoms with Gasteiger partial charge in [-0.15, -0.1) is 6.42 Å². The summed E-state index contributed by atoms with van der Waals surface area (Å²) in [7, 11) is -0.799. The first-order chi connectivity index (χ1) is 14.3. The van der Waals surface area contributed by atoms with Gasteiger partial charge in [-0.2, -0.15) is 4.99 Å². The second kappa shape index (κ2) is 8.71. The van der Waals surface area contributed by atoms with E-state index in [0.29, 0.717) is 32.1 Å². The molecule has 0 unspecified atom stereocenters. The number of rotatable bonds is 6. The number of amides is 1. The molecule has 0 aliphatic carbocycles. The summed E-state index contributed by atoms with van der Waals surface area (Å²) in [5.74, 6) is 3.25. The number of benzene rings is 2. The van der Waals surface area contributed by atoms with Crippen LogP contribution in [0.15, 0.2) is 46.3 Å². The van der Waals surface area contributed by atoms with E-state index >= 15 is 0 Å². The van der Waals surface area contributed by atoms with Crippen molar-refractivity contribution in [3.8, 4) is 23.8 Å². The molecule has 0 bridgehead atoms. The molecule has 1 heterocycles. The van der Waals surface area contributed by atoms with Crippen LogP contribution in [-0.4, -0.2) is 33.1 Å². The topological polar surface area (TPSA) is 113 Å². The highest BCUT2D eigenvalue weighted by Gasteiger charge is 2.14. The van der Waals surface area contributed by atoms with Crippen molar-refractivity contribution < 1.29 is 22.7 Å². The number of methoxy groups -OCH3 is 2. The molecule has 30 heavy (non-hydrogen) atoms. The minimum Gasteiger partial charge on any atom is -0.497 e. The SMILES string of the molecule is C#CCn1c(=NC(=O)Cc2ccc(OC)cc2OC)sc2cc(S(N)(=O)=O)ccc21. The van der Waals surface area contributed by atoms with E-state index in [9.17, 15) is 13.2 Å². The lowest BCUT2D eigenvalue weighted by molar-refractivity contribution is -0.117. The number of hydrogen-bond acceptors (Lipinski definition) is 6. The second-order valence-corrected chi connectivity index (χ2v) is 8.78. The van der Waals surface area contributed by atoms with Crippen molar-refractivity contribution in [2.45, 2.75) is 17.9 Å². The summed E-state index contributed by atoms with van der Waals surface area (Å²) < 4.78 is 36.0. The Morgan fingerprint density at radius 2 is 2.00 bits per heavy atom. The van der Waals surface area contributed by atoms with Crippen LogP contribution in [0.4, 0.5) is 0 Å². The number of hydrogen-bond donors (Lipinski definition) is 1. The highest BCUT2D eigenvalue weighted by Crippen LogP contribution is 2.25. The zero-order valence-electron chi connectivity index (χ0n) is 16.3. The van der Waals surface area contributed by atoms with Gasteiger partial charge in [0.15, 0.2) is 4.80 Å². The summed E-state index contributed by atoms with van der Waals surface area (Å²) in [4.78, 5) is 17.2. The number of carbonyl (C=O) groups is 1. The first-order valence-electron chi connectivity index (χ1n) is 8.65. The molecule has 3 rings (SSSR count). The molecule has 0 atom stereocenters. The van der Waals surface area contributed by atoms with Gasteiger partial charge in [-0.25, -0.2) is 13.6 Å². The fourth-order valence-corrected chi connectivity index (χ4v) is 4.57. The van der Waals surface area contributed by atoms with Crippen LogP contribution in [0.3, 0.4) is 0 Å². The summed E-state index contributed by atoms with van der Waals surface area (Å²) in [5, 5.41) is 5.21. The van der Waals surface area contributed by atoms with Crippen molar-refractivity contribution in [1.29, 1.82) is 0 Å². The van der Waals surface area contributed by atoms with Crippen LogP contribution in [0.5, 0.6) is 11.5 Å². The van der Waals surface area contributed by atoms with E-state index in [0.717, 1.165) is 11.3 Å². The molecule has 1 aromatic heterocycles. The maximum absolute atomic E-state index is 12.6. The summed E-state index contributed by atoms with van der Waals surface area (Å²) >= 11 is 1.16. The van der Waals surface area contributed by atoms with Crippen molar-refractivity contribution in [1.82, 2.24) is 4.57 Å². The van der Waals surface area contributed by atoms with Gasteiger partial charge in [0.05, 0.1) is 42.3 Å².